The van der Waals surface area contributed by atoms with Gasteiger partial charge in [0.15, 0.2) is 0 Å². The first-order valence-electron chi connectivity index (χ1n) is 9.21. The monoisotopic (exact) mass is 343 g/mol. The SMILES string of the molecule is CC(C)Cc1ccc(CN2CCCn3nc([C@H](O)CO)cc3C2)cc1. The van der Waals surface area contributed by atoms with Gasteiger partial charge in [-0.2, -0.15) is 5.10 Å². The minimum atomic E-state index is -0.888. The average Bonchev–Trinajstić information content (AvgIpc) is 2.89. The summed E-state index contributed by atoms with van der Waals surface area (Å²) < 4.78 is 1.97. The molecule has 2 N–H and O–H groups in total. The number of fused-ring (bicyclic) bond motifs is 1. The fraction of sp³-hybridized carbons (Fsp3) is 0.550. The van der Waals surface area contributed by atoms with Crippen LogP contribution in [0.15, 0.2) is 30.3 Å². The number of hydrogen-bond acceptors (Lipinski definition) is 4. The van der Waals surface area contributed by atoms with Crippen LogP contribution in [-0.4, -0.2) is 38.0 Å². The predicted molar refractivity (Wildman–Crippen MR) is 98.0 cm³/mol. The number of aromatic nitrogens is 2. The largest absolute Gasteiger partial charge is 0.393 e. The van der Waals surface area contributed by atoms with E-state index in [1.54, 1.807) is 0 Å². The zero-order chi connectivity index (χ0) is 17.8. The van der Waals surface area contributed by atoms with Gasteiger partial charge < -0.3 is 10.2 Å². The number of aryl methyl sites for hydroxylation is 1. The number of aliphatic hydroxyl groups excluding tert-OH is 2. The van der Waals surface area contributed by atoms with E-state index < -0.39 is 6.10 Å². The third-order valence-electron chi connectivity index (χ3n) is 4.70. The molecule has 0 fully saturated rings. The maximum Gasteiger partial charge on any atom is 0.121 e. The Bertz CT molecular complexity index is 679. The zero-order valence-electron chi connectivity index (χ0n) is 15.2. The van der Waals surface area contributed by atoms with Crippen molar-refractivity contribution in [2.75, 3.05) is 13.2 Å². The van der Waals surface area contributed by atoms with Crippen LogP contribution in [0.25, 0.3) is 0 Å². The third kappa shape index (κ3) is 4.69. The summed E-state index contributed by atoms with van der Waals surface area (Å²) in [4.78, 5) is 2.42. The van der Waals surface area contributed by atoms with Crippen molar-refractivity contribution in [3.63, 3.8) is 0 Å². The quantitative estimate of drug-likeness (QED) is 0.846. The molecule has 2 heterocycles. The van der Waals surface area contributed by atoms with E-state index in [0.717, 1.165) is 44.7 Å². The molecule has 5 nitrogen and oxygen atoms in total. The molecule has 0 saturated heterocycles. The van der Waals surface area contributed by atoms with E-state index in [0.29, 0.717) is 11.6 Å². The van der Waals surface area contributed by atoms with Gasteiger partial charge in [0, 0.05) is 26.2 Å². The van der Waals surface area contributed by atoms with Crippen molar-refractivity contribution < 1.29 is 10.2 Å². The lowest BCUT2D eigenvalue weighted by molar-refractivity contribution is 0.0916. The second-order valence-electron chi connectivity index (χ2n) is 7.46. The summed E-state index contributed by atoms with van der Waals surface area (Å²) in [6.45, 7) is 7.84. The number of benzene rings is 1. The van der Waals surface area contributed by atoms with Gasteiger partial charge in [0.2, 0.25) is 0 Å². The molecule has 0 unspecified atom stereocenters. The first-order chi connectivity index (χ1) is 12.0. The van der Waals surface area contributed by atoms with Crippen LogP contribution < -0.4 is 0 Å². The third-order valence-corrected chi connectivity index (χ3v) is 4.70. The highest BCUT2D eigenvalue weighted by Gasteiger charge is 2.19. The van der Waals surface area contributed by atoms with Crippen molar-refractivity contribution in [3.8, 4) is 0 Å². The summed E-state index contributed by atoms with van der Waals surface area (Å²) in [6.07, 6.45) is 1.27. The highest BCUT2D eigenvalue weighted by Crippen LogP contribution is 2.20. The Kier molecular flexibility index (Phi) is 5.89. The smallest absolute Gasteiger partial charge is 0.121 e. The van der Waals surface area contributed by atoms with Crippen molar-refractivity contribution in [2.24, 2.45) is 5.92 Å². The van der Waals surface area contributed by atoms with Gasteiger partial charge >= 0.3 is 0 Å². The lowest BCUT2D eigenvalue weighted by Gasteiger charge is -2.19. The zero-order valence-corrected chi connectivity index (χ0v) is 15.2. The van der Waals surface area contributed by atoms with Gasteiger partial charge in [-0.15, -0.1) is 0 Å². The van der Waals surface area contributed by atoms with E-state index in [-0.39, 0.29) is 6.61 Å². The van der Waals surface area contributed by atoms with Gasteiger partial charge in [0.05, 0.1) is 18.0 Å². The maximum atomic E-state index is 9.80. The van der Waals surface area contributed by atoms with Crippen LogP contribution in [0, 0.1) is 5.92 Å². The molecule has 0 bridgehead atoms. The molecule has 0 radical (unpaired) electrons. The lowest BCUT2D eigenvalue weighted by atomic mass is 10.0. The standard InChI is InChI=1S/C20H29N3O2/c1-15(2)10-16-4-6-17(7-5-16)12-22-8-3-9-23-18(13-22)11-19(21-23)20(25)14-24/h4-7,11,15,20,24-25H,3,8-10,12-14H2,1-2H3/t20-/m1/s1. The van der Waals surface area contributed by atoms with Crippen molar-refractivity contribution >= 4 is 0 Å². The van der Waals surface area contributed by atoms with Gasteiger partial charge in [0.25, 0.3) is 0 Å². The second kappa shape index (κ2) is 8.13. The van der Waals surface area contributed by atoms with Gasteiger partial charge in [-0.05, 0) is 36.0 Å². The fourth-order valence-corrected chi connectivity index (χ4v) is 3.45. The van der Waals surface area contributed by atoms with Crippen LogP contribution in [-0.2, 0) is 26.1 Å². The molecule has 1 aliphatic heterocycles. The Morgan fingerprint density at radius 1 is 1.12 bits per heavy atom. The maximum absolute atomic E-state index is 9.80. The van der Waals surface area contributed by atoms with Crippen molar-refractivity contribution in [2.45, 2.75) is 52.4 Å². The lowest BCUT2D eigenvalue weighted by Crippen LogP contribution is -2.22. The molecular formula is C20H29N3O2. The minimum Gasteiger partial charge on any atom is -0.393 e. The molecule has 1 aliphatic rings. The van der Waals surface area contributed by atoms with E-state index in [1.807, 2.05) is 10.7 Å². The van der Waals surface area contributed by atoms with Gasteiger partial charge in [-0.25, -0.2) is 0 Å². The molecule has 3 rings (SSSR count). The molecule has 1 atom stereocenters. The van der Waals surface area contributed by atoms with Crippen molar-refractivity contribution in [1.82, 2.24) is 14.7 Å². The molecule has 0 spiro atoms. The number of hydrogen-bond donors (Lipinski definition) is 2. The highest BCUT2D eigenvalue weighted by atomic mass is 16.3. The molecule has 25 heavy (non-hydrogen) atoms. The number of rotatable bonds is 6. The van der Waals surface area contributed by atoms with E-state index in [1.165, 1.54) is 11.1 Å². The van der Waals surface area contributed by atoms with Crippen LogP contribution in [0.5, 0.6) is 0 Å². The van der Waals surface area contributed by atoms with Crippen LogP contribution >= 0.6 is 0 Å². The van der Waals surface area contributed by atoms with Crippen LogP contribution in [0.4, 0.5) is 0 Å². The number of nitrogens with zero attached hydrogens (tertiary/aromatic N) is 3. The summed E-state index contributed by atoms with van der Waals surface area (Å²) in [5, 5.41) is 23.4. The topological polar surface area (TPSA) is 61.5 Å². The molecule has 2 aromatic rings. The summed E-state index contributed by atoms with van der Waals surface area (Å²) in [6, 6.07) is 10.9. The van der Waals surface area contributed by atoms with Gasteiger partial charge in [-0.3, -0.25) is 9.58 Å². The van der Waals surface area contributed by atoms with Crippen LogP contribution in [0.2, 0.25) is 0 Å². The minimum absolute atomic E-state index is 0.289. The molecule has 0 saturated carbocycles. The first-order valence-corrected chi connectivity index (χ1v) is 9.21. The van der Waals surface area contributed by atoms with Crippen molar-refractivity contribution in [1.29, 1.82) is 0 Å². The molecule has 136 valence electrons. The summed E-state index contributed by atoms with van der Waals surface area (Å²) in [5.74, 6) is 0.681. The van der Waals surface area contributed by atoms with Crippen molar-refractivity contribution in [3.05, 3.63) is 52.8 Å². The Labute approximate surface area is 149 Å². The summed E-state index contributed by atoms with van der Waals surface area (Å²) >= 11 is 0. The Hall–Kier alpha value is -1.69. The van der Waals surface area contributed by atoms with E-state index in [9.17, 15) is 5.11 Å². The molecule has 5 heteroatoms. The second-order valence-corrected chi connectivity index (χ2v) is 7.46. The van der Waals surface area contributed by atoms with Crippen LogP contribution in [0.1, 0.15) is 48.9 Å². The first kappa shape index (κ1) is 18.1. The highest BCUT2D eigenvalue weighted by molar-refractivity contribution is 5.23. The Morgan fingerprint density at radius 2 is 1.84 bits per heavy atom. The molecule has 0 amide bonds. The Balaban J connectivity index is 1.66. The van der Waals surface area contributed by atoms with E-state index in [4.69, 9.17) is 5.11 Å². The molecule has 0 aliphatic carbocycles. The van der Waals surface area contributed by atoms with E-state index >= 15 is 0 Å². The van der Waals surface area contributed by atoms with Crippen LogP contribution in [0.3, 0.4) is 0 Å². The summed E-state index contributed by atoms with van der Waals surface area (Å²) in [7, 11) is 0. The molecule has 1 aromatic carbocycles. The van der Waals surface area contributed by atoms with E-state index in [2.05, 4.69) is 48.1 Å². The number of aliphatic hydroxyl groups is 2. The molecular weight excluding hydrogens is 314 g/mol. The normalized spacial score (nSPS) is 16.7. The van der Waals surface area contributed by atoms with Gasteiger partial charge in [0.1, 0.15) is 6.10 Å². The average molecular weight is 343 g/mol. The Morgan fingerprint density at radius 3 is 2.52 bits per heavy atom. The fourth-order valence-electron chi connectivity index (χ4n) is 3.45. The predicted octanol–water partition coefficient (Wildman–Crippen LogP) is 2.51. The van der Waals surface area contributed by atoms with Gasteiger partial charge in [-0.1, -0.05) is 38.1 Å². The molecule has 1 aromatic heterocycles. The summed E-state index contributed by atoms with van der Waals surface area (Å²) in [5.41, 5.74) is 4.40.